The minimum Gasteiger partial charge on any atom is -0.345 e. The lowest BCUT2D eigenvalue weighted by atomic mass is 9.99. The summed E-state index contributed by atoms with van der Waals surface area (Å²) in [4.78, 5) is 10.8. The second kappa shape index (κ2) is 9.62. The second-order valence-corrected chi connectivity index (χ2v) is 9.94. The Balaban J connectivity index is 1.28. The van der Waals surface area contributed by atoms with Gasteiger partial charge in [-0.3, -0.25) is 0 Å². The molecule has 0 spiro atoms. The first kappa shape index (κ1) is 23.1. The number of nitrogens with zero attached hydrogens (tertiary/aromatic N) is 6. The van der Waals surface area contributed by atoms with Crippen molar-refractivity contribution in [3.63, 3.8) is 0 Å². The normalized spacial score (nSPS) is 21.2. The van der Waals surface area contributed by atoms with E-state index in [-0.39, 0.29) is 18.5 Å². The van der Waals surface area contributed by atoms with Gasteiger partial charge in [0, 0.05) is 17.9 Å². The highest BCUT2D eigenvalue weighted by Gasteiger charge is 2.36. The summed E-state index contributed by atoms with van der Waals surface area (Å²) in [6, 6.07) is 6.12. The van der Waals surface area contributed by atoms with Crippen LogP contribution in [0, 0.1) is 11.6 Å². The standard InChI is InChI=1S/C25H24F3N7S/c26-16-1-3-20(28)19(11-16)21-12-17(27)14-34(21)24-6-5-23-30-13-18(35(23)32-24)2-4-22-31-25(36-33-22)15-7-9-29-10-8-15/h1-6,11,13,15,17,21,29H,7-10,12,14H2/b4-2+/t17-,21+/m0/s1. The lowest BCUT2D eigenvalue weighted by Crippen LogP contribution is -2.26. The molecule has 2 aliphatic rings. The highest BCUT2D eigenvalue weighted by atomic mass is 32.1. The number of aromatic nitrogens is 5. The van der Waals surface area contributed by atoms with Gasteiger partial charge in [-0.15, -0.1) is 5.10 Å². The Morgan fingerprint density at radius 1 is 1.08 bits per heavy atom. The summed E-state index contributed by atoms with van der Waals surface area (Å²) in [6.07, 6.45) is 6.38. The Labute approximate surface area is 209 Å². The number of rotatable bonds is 5. The van der Waals surface area contributed by atoms with Crippen molar-refractivity contribution in [2.24, 2.45) is 0 Å². The maximum absolute atomic E-state index is 14.5. The van der Waals surface area contributed by atoms with Gasteiger partial charge in [0.2, 0.25) is 0 Å². The summed E-state index contributed by atoms with van der Waals surface area (Å²) < 4.78 is 49.0. The molecule has 11 heteroatoms. The number of piperidine rings is 1. The van der Waals surface area contributed by atoms with E-state index in [0.717, 1.165) is 49.1 Å². The third-order valence-corrected chi connectivity index (χ3v) is 7.67. The molecule has 0 saturated carbocycles. The molecular weight excluding hydrogens is 487 g/mol. The number of alkyl halides is 1. The van der Waals surface area contributed by atoms with E-state index in [9.17, 15) is 13.2 Å². The van der Waals surface area contributed by atoms with Gasteiger partial charge in [0.15, 0.2) is 11.5 Å². The van der Waals surface area contributed by atoms with Crippen molar-refractivity contribution < 1.29 is 13.2 Å². The molecule has 1 N–H and O–H groups in total. The largest absolute Gasteiger partial charge is 0.345 e. The van der Waals surface area contributed by atoms with E-state index < -0.39 is 23.8 Å². The molecular formula is C25H24F3N7S. The molecule has 0 bridgehead atoms. The van der Waals surface area contributed by atoms with E-state index in [2.05, 4.69) is 24.8 Å². The number of imidazole rings is 1. The number of fused-ring (bicyclic) bond motifs is 1. The van der Waals surface area contributed by atoms with Gasteiger partial charge in [-0.05, 0) is 79.9 Å². The van der Waals surface area contributed by atoms with Crippen molar-refractivity contribution in [2.45, 2.75) is 37.4 Å². The molecule has 0 amide bonds. The average molecular weight is 512 g/mol. The number of benzene rings is 1. The topological polar surface area (TPSA) is 71.2 Å². The maximum atomic E-state index is 14.5. The van der Waals surface area contributed by atoms with Crippen molar-refractivity contribution in [3.8, 4) is 0 Å². The Morgan fingerprint density at radius 3 is 2.81 bits per heavy atom. The van der Waals surface area contributed by atoms with E-state index in [1.165, 1.54) is 11.5 Å². The molecule has 1 aromatic carbocycles. The van der Waals surface area contributed by atoms with Crippen LogP contribution in [-0.4, -0.2) is 49.8 Å². The summed E-state index contributed by atoms with van der Waals surface area (Å²) in [6.45, 7) is 2.04. The van der Waals surface area contributed by atoms with Gasteiger partial charge in [0.1, 0.15) is 28.6 Å². The van der Waals surface area contributed by atoms with Gasteiger partial charge >= 0.3 is 0 Å². The predicted molar refractivity (Wildman–Crippen MR) is 133 cm³/mol. The van der Waals surface area contributed by atoms with Crippen LogP contribution in [0.1, 0.15) is 53.3 Å². The summed E-state index contributed by atoms with van der Waals surface area (Å²) in [5.74, 6) is 0.428. The number of hydrogen-bond acceptors (Lipinski definition) is 7. The van der Waals surface area contributed by atoms with Gasteiger partial charge in [-0.2, -0.15) is 4.37 Å². The Morgan fingerprint density at radius 2 is 1.94 bits per heavy atom. The van der Waals surface area contributed by atoms with Crippen LogP contribution in [0.2, 0.25) is 0 Å². The first-order valence-corrected chi connectivity index (χ1v) is 12.8. The average Bonchev–Trinajstić information content (AvgIpc) is 3.63. The van der Waals surface area contributed by atoms with Crippen LogP contribution in [0.4, 0.5) is 19.0 Å². The highest BCUT2D eigenvalue weighted by molar-refractivity contribution is 7.05. The van der Waals surface area contributed by atoms with Crippen molar-refractivity contribution in [1.82, 2.24) is 29.3 Å². The van der Waals surface area contributed by atoms with Crippen LogP contribution in [0.3, 0.4) is 0 Å². The fourth-order valence-electron chi connectivity index (χ4n) is 4.96. The third kappa shape index (κ3) is 4.48. The molecule has 3 aromatic heterocycles. The van der Waals surface area contributed by atoms with E-state index in [1.54, 1.807) is 27.7 Å². The zero-order valence-electron chi connectivity index (χ0n) is 19.3. The summed E-state index contributed by atoms with van der Waals surface area (Å²) in [5.41, 5.74) is 1.45. The van der Waals surface area contributed by atoms with Gasteiger partial charge in [0.25, 0.3) is 0 Å². The minimum atomic E-state index is -1.18. The molecule has 0 radical (unpaired) electrons. The lowest BCUT2D eigenvalue weighted by Gasteiger charge is -2.26. The number of nitrogens with one attached hydrogen (secondary N) is 1. The smallest absolute Gasteiger partial charge is 0.165 e. The van der Waals surface area contributed by atoms with Crippen molar-refractivity contribution >= 4 is 35.1 Å². The number of halogens is 3. The van der Waals surface area contributed by atoms with Crippen LogP contribution in [0.5, 0.6) is 0 Å². The Kier molecular flexibility index (Phi) is 6.18. The Hall–Kier alpha value is -3.31. The molecule has 2 aliphatic heterocycles. The Bertz CT molecular complexity index is 1410. The van der Waals surface area contributed by atoms with Crippen LogP contribution in [0.25, 0.3) is 17.8 Å². The van der Waals surface area contributed by atoms with Gasteiger partial charge in [-0.1, -0.05) is 0 Å². The number of hydrogen-bond donors (Lipinski definition) is 1. The lowest BCUT2D eigenvalue weighted by molar-refractivity contribution is 0.355. The first-order chi connectivity index (χ1) is 17.5. The summed E-state index contributed by atoms with van der Waals surface area (Å²) >= 11 is 1.44. The molecule has 4 aromatic rings. The van der Waals surface area contributed by atoms with Gasteiger partial charge < -0.3 is 10.2 Å². The number of anilines is 1. The van der Waals surface area contributed by atoms with E-state index in [0.29, 0.717) is 28.9 Å². The van der Waals surface area contributed by atoms with E-state index in [4.69, 9.17) is 0 Å². The zero-order valence-corrected chi connectivity index (χ0v) is 20.1. The quantitative estimate of drug-likeness (QED) is 0.416. The summed E-state index contributed by atoms with van der Waals surface area (Å²) in [7, 11) is 0. The van der Waals surface area contributed by atoms with Crippen LogP contribution >= 0.6 is 11.5 Å². The molecule has 36 heavy (non-hydrogen) atoms. The fourth-order valence-corrected chi connectivity index (χ4v) is 5.77. The molecule has 186 valence electrons. The van der Waals surface area contributed by atoms with Crippen LogP contribution < -0.4 is 10.2 Å². The van der Waals surface area contributed by atoms with Gasteiger partial charge in [-0.25, -0.2) is 27.7 Å². The highest BCUT2D eigenvalue weighted by Crippen LogP contribution is 2.38. The minimum absolute atomic E-state index is 0.0429. The SMILES string of the molecule is Fc1ccc(F)c([C@H]2C[C@H](F)CN2c2ccc3ncc(/C=C/c4nsc(C5CCNCC5)n4)n3n2)c1. The predicted octanol–water partition coefficient (Wildman–Crippen LogP) is 4.79. The molecule has 2 saturated heterocycles. The molecule has 2 atom stereocenters. The zero-order chi connectivity index (χ0) is 24.6. The van der Waals surface area contributed by atoms with Crippen molar-refractivity contribution in [2.75, 3.05) is 24.5 Å². The monoisotopic (exact) mass is 511 g/mol. The van der Waals surface area contributed by atoms with Crippen molar-refractivity contribution in [1.29, 1.82) is 0 Å². The first-order valence-electron chi connectivity index (χ1n) is 12.0. The maximum Gasteiger partial charge on any atom is 0.165 e. The van der Waals surface area contributed by atoms with Crippen molar-refractivity contribution in [3.05, 3.63) is 70.3 Å². The molecule has 5 heterocycles. The molecule has 0 unspecified atom stereocenters. The van der Waals surface area contributed by atoms with Crippen LogP contribution in [-0.2, 0) is 0 Å². The third-order valence-electron chi connectivity index (χ3n) is 6.78. The van der Waals surface area contributed by atoms with Gasteiger partial charge in [0.05, 0.1) is 24.5 Å². The molecule has 2 fully saturated rings. The van der Waals surface area contributed by atoms with E-state index in [1.807, 2.05) is 12.2 Å². The molecule has 7 nitrogen and oxygen atoms in total. The summed E-state index contributed by atoms with van der Waals surface area (Å²) in [5, 5.41) is 9.09. The molecule has 6 rings (SSSR count). The van der Waals surface area contributed by atoms with E-state index >= 15 is 0 Å². The van der Waals surface area contributed by atoms with Crippen LogP contribution in [0.15, 0.2) is 36.5 Å². The fraction of sp³-hybridized carbons (Fsp3) is 0.360. The second-order valence-electron chi connectivity index (χ2n) is 9.16. The molecule has 0 aliphatic carbocycles.